The summed E-state index contributed by atoms with van der Waals surface area (Å²) >= 11 is 1.53. The van der Waals surface area contributed by atoms with Crippen molar-refractivity contribution in [3.8, 4) is 11.5 Å². The molecular formula is C24H39N3O3S. The van der Waals surface area contributed by atoms with Gasteiger partial charge in [0.1, 0.15) is 0 Å². The van der Waals surface area contributed by atoms with Crippen LogP contribution in [0, 0.1) is 0 Å². The predicted molar refractivity (Wildman–Crippen MR) is 128 cm³/mol. The van der Waals surface area contributed by atoms with Crippen LogP contribution in [-0.4, -0.2) is 56.6 Å². The molecule has 2 aliphatic rings. The third kappa shape index (κ3) is 5.61. The summed E-state index contributed by atoms with van der Waals surface area (Å²) in [6.45, 7) is 3.29. The molecule has 2 N–H and O–H groups in total. The van der Waals surface area contributed by atoms with Gasteiger partial charge in [-0.05, 0) is 75.3 Å². The van der Waals surface area contributed by atoms with E-state index in [0.717, 1.165) is 55.9 Å². The average molecular weight is 450 g/mol. The second-order valence-electron chi connectivity index (χ2n) is 8.93. The minimum Gasteiger partial charge on any atom is -0.493 e. The lowest BCUT2D eigenvalue weighted by Crippen LogP contribution is -2.52. The number of hydrogen-bond acceptors (Lipinski definition) is 5. The Morgan fingerprint density at radius 1 is 1.19 bits per heavy atom. The van der Waals surface area contributed by atoms with Crippen molar-refractivity contribution < 1.29 is 14.3 Å². The van der Waals surface area contributed by atoms with Gasteiger partial charge in [0.05, 0.1) is 14.2 Å². The summed E-state index contributed by atoms with van der Waals surface area (Å²) < 4.78 is 14.0. The summed E-state index contributed by atoms with van der Waals surface area (Å²) in [7, 11) is 5.58. The molecule has 31 heavy (non-hydrogen) atoms. The molecule has 1 heterocycles. The van der Waals surface area contributed by atoms with Gasteiger partial charge >= 0.3 is 6.03 Å². The number of methoxy groups -OCH3 is 2. The molecule has 0 bridgehead atoms. The second kappa shape index (κ2) is 11.3. The molecule has 3 atom stereocenters. The highest BCUT2D eigenvalue weighted by atomic mass is 32.2. The normalized spacial score (nSPS) is 25.7. The smallest absolute Gasteiger partial charge is 0.324 e. The van der Waals surface area contributed by atoms with Gasteiger partial charge in [0.25, 0.3) is 0 Å². The number of rotatable bonds is 10. The molecule has 3 unspecified atom stereocenters. The standard InChI is InChI=1S/C24H39N3O3S/c1-5-6-7-8-15-31-26-23(28)25-19-11-12-24(13-14-27(2)22(24)17-19)18-9-10-20(29-3)21(16-18)30-4/h9-10,16,19,22H,5-8,11-15,17H2,1-4H3,(H2,25,26,28). The highest BCUT2D eigenvalue weighted by Gasteiger charge is 2.50. The Morgan fingerprint density at radius 2 is 2.00 bits per heavy atom. The van der Waals surface area contributed by atoms with Crippen molar-refractivity contribution in [2.75, 3.05) is 33.6 Å². The number of likely N-dealkylation sites (tertiary alicyclic amines) is 1. The van der Waals surface area contributed by atoms with Crippen LogP contribution in [0.1, 0.15) is 63.9 Å². The van der Waals surface area contributed by atoms with Crippen LogP contribution < -0.4 is 19.5 Å². The van der Waals surface area contributed by atoms with Crippen molar-refractivity contribution in [2.24, 2.45) is 0 Å². The topological polar surface area (TPSA) is 62.8 Å². The van der Waals surface area contributed by atoms with Crippen LogP contribution in [0.15, 0.2) is 18.2 Å². The van der Waals surface area contributed by atoms with Crippen molar-refractivity contribution in [1.82, 2.24) is 14.9 Å². The Bertz CT molecular complexity index is 732. The molecule has 1 saturated carbocycles. The van der Waals surface area contributed by atoms with Crippen LogP contribution in [0.5, 0.6) is 11.5 Å². The van der Waals surface area contributed by atoms with E-state index >= 15 is 0 Å². The summed E-state index contributed by atoms with van der Waals surface area (Å²) in [4.78, 5) is 14.9. The summed E-state index contributed by atoms with van der Waals surface area (Å²) in [6, 6.07) is 6.94. The largest absolute Gasteiger partial charge is 0.493 e. The Balaban J connectivity index is 1.59. The first-order valence-electron chi connectivity index (χ1n) is 11.6. The maximum absolute atomic E-state index is 12.4. The molecule has 2 amide bonds. The molecule has 0 radical (unpaired) electrons. The molecule has 1 aromatic carbocycles. The van der Waals surface area contributed by atoms with E-state index in [-0.39, 0.29) is 17.5 Å². The van der Waals surface area contributed by atoms with Crippen molar-refractivity contribution in [1.29, 1.82) is 0 Å². The van der Waals surface area contributed by atoms with E-state index in [2.05, 4.69) is 41.0 Å². The zero-order chi connectivity index (χ0) is 22.3. The van der Waals surface area contributed by atoms with Crippen LogP contribution in [0.25, 0.3) is 0 Å². The van der Waals surface area contributed by atoms with E-state index < -0.39 is 0 Å². The molecule has 3 rings (SSSR count). The Hall–Kier alpha value is -1.60. The number of carbonyl (C=O) groups is 1. The number of unbranched alkanes of at least 4 members (excludes halogenated alkanes) is 3. The summed E-state index contributed by atoms with van der Waals surface area (Å²) in [6.07, 6.45) is 9.06. The number of benzene rings is 1. The van der Waals surface area contributed by atoms with E-state index in [0.29, 0.717) is 6.04 Å². The lowest BCUT2D eigenvalue weighted by Gasteiger charge is -2.45. The number of amides is 2. The lowest BCUT2D eigenvalue weighted by molar-refractivity contribution is 0.155. The number of fused-ring (bicyclic) bond motifs is 1. The van der Waals surface area contributed by atoms with Gasteiger partial charge < -0.3 is 19.7 Å². The van der Waals surface area contributed by atoms with Crippen molar-refractivity contribution in [3.63, 3.8) is 0 Å². The van der Waals surface area contributed by atoms with Gasteiger partial charge in [-0.25, -0.2) is 4.79 Å². The zero-order valence-corrected chi connectivity index (χ0v) is 20.4. The fourth-order valence-corrected chi connectivity index (χ4v) is 5.97. The monoisotopic (exact) mass is 449 g/mol. The van der Waals surface area contributed by atoms with Gasteiger partial charge in [0.2, 0.25) is 0 Å². The van der Waals surface area contributed by atoms with Crippen LogP contribution in [0.4, 0.5) is 4.79 Å². The van der Waals surface area contributed by atoms with Crippen LogP contribution in [0.3, 0.4) is 0 Å². The van der Waals surface area contributed by atoms with Gasteiger partial charge in [0, 0.05) is 23.3 Å². The van der Waals surface area contributed by atoms with Gasteiger partial charge in [-0.1, -0.05) is 32.3 Å². The Labute approximate surface area is 191 Å². The fourth-order valence-electron chi connectivity index (χ4n) is 5.33. The molecule has 2 fully saturated rings. The predicted octanol–water partition coefficient (Wildman–Crippen LogP) is 4.73. The van der Waals surface area contributed by atoms with Gasteiger partial charge in [-0.15, -0.1) is 0 Å². The quantitative estimate of drug-likeness (QED) is 0.400. The van der Waals surface area contributed by atoms with Crippen molar-refractivity contribution >= 4 is 18.0 Å². The molecule has 1 aromatic rings. The average Bonchev–Trinajstić information content (AvgIpc) is 3.12. The molecule has 0 aromatic heterocycles. The molecule has 7 heteroatoms. The second-order valence-corrected chi connectivity index (χ2v) is 9.83. The van der Waals surface area contributed by atoms with Crippen LogP contribution in [0.2, 0.25) is 0 Å². The molecule has 0 spiro atoms. The van der Waals surface area contributed by atoms with Gasteiger partial charge in [0.15, 0.2) is 11.5 Å². The number of urea groups is 1. The Kier molecular flexibility index (Phi) is 8.78. The summed E-state index contributed by atoms with van der Waals surface area (Å²) in [5, 5.41) is 3.22. The van der Waals surface area contributed by atoms with Gasteiger partial charge in [-0.3, -0.25) is 4.72 Å². The fraction of sp³-hybridized carbons (Fsp3) is 0.708. The van der Waals surface area contributed by atoms with E-state index in [1.165, 1.54) is 36.8 Å². The molecule has 1 aliphatic heterocycles. The maximum Gasteiger partial charge on any atom is 0.324 e. The SMILES string of the molecule is CCCCCCSNC(=O)NC1CCC2(c3ccc(OC)c(OC)c3)CCN(C)C2C1. The maximum atomic E-state index is 12.4. The van der Waals surface area contributed by atoms with E-state index in [4.69, 9.17) is 9.47 Å². The summed E-state index contributed by atoms with van der Waals surface area (Å²) in [5.74, 6) is 2.54. The minimum absolute atomic E-state index is 0.0511. The molecule has 1 aliphatic carbocycles. The number of likely N-dealkylation sites (N-methyl/N-ethyl adjacent to an activating group) is 1. The number of ether oxygens (including phenoxy) is 2. The molecular weight excluding hydrogens is 410 g/mol. The first-order chi connectivity index (χ1) is 15.0. The third-order valence-corrected chi connectivity index (χ3v) is 7.91. The lowest BCUT2D eigenvalue weighted by atomic mass is 9.65. The van der Waals surface area contributed by atoms with Gasteiger partial charge in [-0.2, -0.15) is 0 Å². The first-order valence-corrected chi connectivity index (χ1v) is 12.6. The van der Waals surface area contributed by atoms with Crippen LogP contribution >= 0.6 is 11.9 Å². The Morgan fingerprint density at radius 3 is 2.74 bits per heavy atom. The summed E-state index contributed by atoms with van der Waals surface area (Å²) in [5.41, 5.74) is 1.43. The molecule has 6 nitrogen and oxygen atoms in total. The molecule has 1 saturated heterocycles. The van der Waals surface area contributed by atoms with E-state index in [1.807, 2.05) is 6.07 Å². The number of carbonyl (C=O) groups excluding carboxylic acids is 1. The van der Waals surface area contributed by atoms with Crippen LogP contribution in [-0.2, 0) is 5.41 Å². The van der Waals surface area contributed by atoms with Crippen molar-refractivity contribution in [3.05, 3.63) is 23.8 Å². The number of nitrogens with one attached hydrogen (secondary N) is 2. The molecule has 174 valence electrons. The number of nitrogens with zero attached hydrogens (tertiary/aromatic N) is 1. The number of hydrogen-bond donors (Lipinski definition) is 2. The first kappa shape index (κ1) is 24.1. The van der Waals surface area contributed by atoms with Crippen molar-refractivity contribution in [2.45, 2.75) is 75.8 Å². The third-order valence-electron chi connectivity index (χ3n) is 7.09. The highest BCUT2D eigenvalue weighted by molar-refractivity contribution is 7.97. The zero-order valence-electron chi connectivity index (χ0n) is 19.5. The highest BCUT2D eigenvalue weighted by Crippen LogP contribution is 2.49. The minimum atomic E-state index is -0.0511. The van der Waals surface area contributed by atoms with E-state index in [1.54, 1.807) is 14.2 Å². The van der Waals surface area contributed by atoms with E-state index in [9.17, 15) is 4.79 Å².